The number of H-pyrrole nitrogens is 1. The molecule has 4 N–H and O–H groups in total. The zero-order valence-corrected chi connectivity index (χ0v) is 13.9. The van der Waals surface area contributed by atoms with Crippen LogP contribution in [0.15, 0.2) is 30.4 Å². The van der Waals surface area contributed by atoms with Crippen LogP contribution in [0.4, 0.5) is 0 Å². The second-order valence-electron chi connectivity index (χ2n) is 5.54. The van der Waals surface area contributed by atoms with Crippen LogP contribution in [-0.2, 0) is 16.0 Å². The summed E-state index contributed by atoms with van der Waals surface area (Å²) in [4.78, 5) is 22.6. The first-order valence-corrected chi connectivity index (χ1v) is 7.91. The van der Waals surface area contributed by atoms with Gasteiger partial charge in [0.2, 0.25) is 0 Å². The average molecular weight is 351 g/mol. The maximum atomic E-state index is 9.55. The maximum absolute atomic E-state index is 9.55. The molecule has 24 heavy (non-hydrogen) atoms. The molecule has 1 atom stereocenters. The van der Waals surface area contributed by atoms with Gasteiger partial charge in [-0.2, -0.15) is 0 Å². The van der Waals surface area contributed by atoms with Gasteiger partial charge in [-0.3, -0.25) is 0 Å². The van der Waals surface area contributed by atoms with Crippen molar-refractivity contribution in [2.45, 2.75) is 19.3 Å². The second-order valence-corrected chi connectivity index (χ2v) is 5.95. The van der Waals surface area contributed by atoms with Crippen molar-refractivity contribution in [3.05, 3.63) is 46.6 Å². The van der Waals surface area contributed by atoms with Crippen LogP contribution in [0.3, 0.4) is 0 Å². The third-order valence-corrected chi connectivity index (χ3v) is 4.09. The number of hydrogen-bond acceptors (Lipinski definition) is 3. The molecule has 0 saturated carbocycles. The quantitative estimate of drug-likeness (QED) is 0.624. The van der Waals surface area contributed by atoms with Crippen LogP contribution in [0, 0.1) is 0 Å². The van der Waals surface area contributed by atoms with Crippen molar-refractivity contribution in [3.8, 4) is 0 Å². The monoisotopic (exact) mass is 350 g/mol. The summed E-state index contributed by atoms with van der Waals surface area (Å²) in [5.41, 5.74) is 3.93. The molecule has 128 valence electrons. The zero-order valence-electron chi connectivity index (χ0n) is 13.2. The van der Waals surface area contributed by atoms with Crippen LogP contribution in [0.25, 0.3) is 10.9 Å². The highest BCUT2D eigenvalue weighted by Gasteiger charge is 2.20. The molecule has 1 aromatic carbocycles. The number of fused-ring (bicyclic) bond motifs is 3. The van der Waals surface area contributed by atoms with Gasteiger partial charge >= 0.3 is 11.9 Å². The largest absolute Gasteiger partial charge is 0.478 e. The van der Waals surface area contributed by atoms with Crippen molar-refractivity contribution >= 4 is 34.4 Å². The summed E-state index contributed by atoms with van der Waals surface area (Å²) < 4.78 is 0. The smallest absolute Gasteiger partial charge is 0.328 e. The third kappa shape index (κ3) is 4.37. The Morgan fingerprint density at radius 3 is 2.54 bits per heavy atom. The number of benzene rings is 1. The van der Waals surface area contributed by atoms with Gasteiger partial charge in [0.05, 0.1) is 5.02 Å². The lowest BCUT2D eigenvalue weighted by atomic mass is 10.0. The van der Waals surface area contributed by atoms with Crippen molar-refractivity contribution in [2.24, 2.45) is 0 Å². The maximum Gasteiger partial charge on any atom is 0.328 e. The molecular formula is C17H19ClN2O4. The first-order chi connectivity index (χ1) is 11.4. The molecule has 1 aliphatic rings. The summed E-state index contributed by atoms with van der Waals surface area (Å²) in [5.74, 6) is -1.99. The molecule has 0 radical (unpaired) electrons. The van der Waals surface area contributed by atoms with Crippen LogP contribution in [0.5, 0.6) is 0 Å². The lowest BCUT2D eigenvalue weighted by molar-refractivity contribution is -0.134. The van der Waals surface area contributed by atoms with Crippen molar-refractivity contribution in [2.75, 3.05) is 13.1 Å². The van der Waals surface area contributed by atoms with E-state index in [1.165, 1.54) is 22.2 Å². The molecule has 0 fully saturated rings. The van der Waals surface area contributed by atoms with E-state index in [9.17, 15) is 9.59 Å². The average Bonchev–Trinajstić information content (AvgIpc) is 2.81. The van der Waals surface area contributed by atoms with Crippen LogP contribution in [0.1, 0.15) is 24.1 Å². The van der Waals surface area contributed by atoms with Gasteiger partial charge < -0.3 is 20.5 Å². The third-order valence-electron chi connectivity index (χ3n) is 3.77. The van der Waals surface area contributed by atoms with E-state index in [2.05, 4.69) is 23.3 Å². The first-order valence-electron chi connectivity index (χ1n) is 7.53. The Hall–Kier alpha value is -2.31. The molecule has 1 aromatic heterocycles. The predicted molar refractivity (Wildman–Crippen MR) is 92.7 cm³/mol. The molecule has 2 heterocycles. The number of halogens is 1. The van der Waals surface area contributed by atoms with E-state index in [0.29, 0.717) is 18.1 Å². The van der Waals surface area contributed by atoms with Gasteiger partial charge in [-0.1, -0.05) is 24.6 Å². The molecule has 2 aromatic rings. The topological polar surface area (TPSA) is 102 Å². The number of nitrogens with one attached hydrogen (secondary N) is 2. The number of carboxylic acid groups (broad SMARTS) is 2. The van der Waals surface area contributed by atoms with Crippen LogP contribution in [0.2, 0.25) is 5.02 Å². The fourth-order valence-corrected chi connectivity index (χ4v) is 3.04. The van der Waals surface area contributed by atoms with Crippen LogP contribution in [-0.4, -0.2) is 40.2 Å². The highest BCUT2D eigenvalue weighted by atomic mass is 35.5. The normalized spacial score (nSPS) is 17.0. The summed E-state index contributed by atoms with van der Waals surface area (Å²) in [6.07, 6.45) is 2.17. The number of aromatic amines is 1. The predicted octanol–water partition coefficient (Wildman–Crippen LogP) is 2.78. The van der Waals surface area contributed by atoms with Gasteiger partial charge in [0.25, 0.3) is 0 Å². The zero-order chi connectivity index (χ0) is 17.7. The summed E-state index contributed by atoms with van der Waals surface area (Å²) >= 11 is 6.30. The molecule has 6 nitrogen and oxygen atoms in total. The Morgan fingerprint density at radius 2 is 1.92 bits per heavy atom. The molecule has 0 amide bonds. The minimum atomic E-state index is -1.26. The first kappa shape index (κ1) is 18.0. The molecule has 0 spiro atoms. The number of aliphatic carboxylic acids is 2. The number of rotatable bonds is 2. The number of carboxylic acids is 2. The summed E-state index contributed by atoms with van der Waals surface area (Å²) in [7, 11) is 0. The van der Waals surface area contributed by atoms with Crippen molar-refractivity contribution < 1.29 is 19.8 Å². The van der Waals surface area contributed by atoms with E-state index < -0.39 is 11.9 Å². The molecule has 3 rings (SSSR count). The SMILES string of the molecule is C[C@@H]1CNCCc2c1[nH]c1cccc(Cl)c21.O=C(O)/C=C/C(=O)O. The Balaban J connectivity index is 0.000000224. The minimum absolute atomic E-state index is 0.529. The van der Waals surface area contributed by atoms with E-state index >= 15 is 0 Å². The molecule has 0 saturated heterocycles. The van der Waals surface area contributed by atoms with Crippen LogP contribution >= 0.6 is 11.6 Å². The van der Waals surface area contributed by atoms with Crippen LogP contribution < -0.4 is 5.32 Å². The summed E-state index contributed by atoms with van der Waals surface area (Å²) in [5, 5.41) is 21.2. The van der Waals surface area contributed by atoms with Gasteiger partial charge in [0.15, 0.2) is 0 Å². The molecule has 1 aliphatic heterocycles. The van der Waals surface area contributed by atoms with E-state index in [1.54, 1.807) is 0 Å². The Labute approximate surface area is 144 Å². The summed E-state index contributed by atoms with van der Waals surface area (Å²) in [6, 6.07) is 6.08. The molecule has 0 aliphatic carbocycles. The van der Waals surface area contributed by atoms with Gasteiger partial charge in [-0.05, 0) is 30.7 Å². The van der Waals surface area contributed by atoms with E-state index in [4.69, 9.17) is 21.8 Å². The fraction of sp³-hybridized carbons (Fsp3) is 0.294. The van der Waals surface area contributed by atoms with Gasteiger partial charge in [0, 0.05) is 41.2 Å². The minimum Gasteiger partial charge on any atom is -0.478 e. The Kier molecular flexibility index (Phi) is 6.00. The number of carbonyl (C=O) groups is 2. The van der Waals surface area contributed by atoms with Gasteiger partial charge in [-0.15, -0.1) is 0 Å². The molecule has 0 bridgehead atoms. The van der Waals surface area contributed by atoms with Crippen molar-refractivity contribution in [1.82, 2.24) is 10.3 Å². The number of hydrogen-bond donors (Lipinski definition) is 4. The highest BCUT2D eigenvalue weighted by molar-refractivity contribution is 6.35. The van der Waals surface area contributed by atoms with E-state index in [-0.39, 0.29) is 0 Å². The van der Waals surface area contributed by atoms with Crippen molar-refractivity contribution in [1.29, 1.82) is 0 Å². The highest BCUT2D eigenvalue weighted by Crippen LogP contribution is 2.33. The number of aromatic nitrogens is 1. The summed E-state index contributed by atoms with van der Waals surface area (Å²) in [6.45, 7) is 4.33. The lowest BCUT2D eigenvalue weighted by Crippen LogP contribution is -2.18. The second kappa shape index (κ2) is 7.99. The van der Waals surface area contributed by atoms with Gasteiger partial charge in [0.1, 0.15) is 0 Å². The molecule has 0 unspecified atom stereocenters. The van der Waals surface area contributed by atoms with Gasteiger partial charge in [-0.25, -0.2) is 9.59 Å². The molecule has 7 heteroatoms. The standard InChI is InChI=1S/C13H15ClN2.C4H4O4/c1-8-7-15-6-5-9-12-10(14)3-2-4-11(12)16-13(8)9;5-3(6)1-2-4(7)8/h2-4,8,15-16H,5-7H2,1H3;1-2H,(H,5,6)(H,7,8)/b;2-1+/t8-;/m1./s1. The molecular weight excluding hydrogens is 332 g/mol. The fourth-order valence-electron chi connectivity index (χ4n) is 2.75. The Bertz CT molecular complexity index is 766. The van der Waals surface area contributed by atoms with E-state index in [0.717, 1.165) is 24.5 Å². The Morgan fingerprint density at radius 1 is 1.25 bits per heavy atom. The van der Waals surface area contributed by atoms with E-state index in [1.807, 2.05) is 12.1 Å². The van der Waals surface area contributed by atoms with Crippen molar-refractivity contribution in [3.63, 3.8) is 0 Å². The lowest BCUT2D eigenvalue weighted by Gasteiger charge is -2.07.